The second-order valence-corrected chi connectivity index (χ2v) is 16.2. The van der Waals surface area contributed by atoms with Crippen LogP contribution in [-0.4, -0.2) is 58.1 Å². The minimum absolute atomic E-state index is 0.0890. The van der Waals surface area contributed by atoms with E-state index in [1.165, 1.54) is 4.68 Å². The molecule has 3 aromatic carbocycles. The Morgan fingerprint density at radius 3 is 2.58 bits per heavy atom. The van der Waals surface area contributed by atoms with Gasteiger partial charge in [-0.3, -0.25) is 9.48 Å². The second-order valence-electron chi connectivity index (χ2n) is 12.3. The summed E-state index contributed by atoms with van der Waals surface area (Å²) in [7, 11) is -1.59. The van der Waals surface area contributed by atoms with Crippen LogP contribution in [0.4, 0.5) is 4.11 Å². The van der Waals surface area contributed by atoms with E-state index in [4.69, 9.17) is 9.47 Å². The Kier molecular flexibility index (Phi) is 8.67. The van der Waals surface area contributed by atoms with E-state index in [1.807, 2.05) is 73.8 Å². The van der Waals surface area contributed by atoms with Crippen LogP contribution in [-0.2, 0) is 11.3 Å². The molecule has 5 aromatic rings. The van der Waals surface area contributed by atoms with Gasteiger partial charge in [0.05, 0.1) is 41.6 Å². The first-order valence-corrected chi connectivity index (χ1v) is 18.2. The highest BCUT2D eigenvalue weighted by Crippen LogP contribution is 2.47. The van der Waals surface area contributed by atoms with Gasteiger partial charge in [0.2, 0.25) is 8.41 Å². The second kappa shape index (κ2) is 12.7. The quantitative estimate of drug-likeness (QED) is 0.154. The van der Waals surface area contributed by atoms with Crippen LogP contribution in [0.2, 0.25) is 18.6 Å². The van der Waals surface area contributed by atoms with Crippen LogP contribution in [0.3, 0.4) is 0 Å². The number of aryl methyl sites for hydroxylation is 1. The van der Waals surface area contributed by atoms with E-state index in [-0.39, 0.29) is 35.6 Å². The summed E-state index contributed by atoms with van der Waals surface area (Å²) in [5, 5.41) is 24.5. The zero-order valence-corrected chi connectivity index (χ0v) is 26.9. The van der Waals surface area contributed by atoms with Gasteiger partial charge in [-0.2, -0.15) is 9.78 Å². The van der Waals surface area contributed by atoms with E-state index in [1.54, 1.807) is 43.2 Å². The van der Waals surface area contributed by atoms with Gasteiger partial charge in [-0.15, -0.1) is 5.10 Å². The molecule has 0 fully saturated rings. The number of rotatable bonds is 10. The fraction of sp³-hybridized carbons (Fsp3) is 0.353. The number of hydrogen-bond donors (Lipinski definition) is 1. The molecule has 2 unspecified atom stereocenters. The van der Waals surface area contributed by atoms with E-state index in [0.717, 1.165) is 16.5 Å². The number of methoxy groups -OCH3 is 1. The van der Waals surface area contributed by atoms with Gasteiger partial charge in [-0.1, -0.05) is 60.7 Å². The number of aromatic nitrogens is 5. The molecule has 0 amide bonds. The topological polar surface area (TPSA) is 104 Å². The minimum Gasteiger partial charge on any atom is -0.490 e. The van der Waals surface area contributed by atoms with Crippen molar-refractivity contribution in [1.29, 1.82) is 0 Å². The van der Waals surface area contributed by atoms with Crippen LogP contribution in [0, 0.1) is 5.92 Å². The number of hydrogen-bond acceptors (Lipinski definition) is 7. The lowest BCUT2D eigenvalue weighted by molar-refractivity contribution is -0.0242. The van der Waals surface area contributed by atoms with Gasteiger partial charge < -0.3 is 18.7 Å². The first-order chi connectivity index (χ1) is 21.7. The average molecular weight is 628 g/mol. The lowest BCUT2D eigenvalue weighted by atomic mass is 9.86. The summed E-state index contributed by atoms with van der Waals surface area (Å²) in [6.45, 7) is 5.83. The predicted molar refractivity (Wildman–Crippen MR) is 173 cm³/mol. The fourth-order valence-corrected chi connectivity index (χ4v) is 8.55. The predicted octanol–water partition coefficient (Wildman–Crippen LogP) is 5.82. The molecule has 0 spiro atoms. The number of benzene rings is 3. The molecule has 45 heavy (non-hydrogen) atoms. The summed E-state index contributed by atoms with van der Waals surface area (Å²) < 4.78 is 31.8. The molecule has 0 saturated heterocycles. The van der Waals surface area contributed by atoms with Crippen LogP contribution in [0.15, 0.2) is 90.0 Å². The third kappa shape index (κ3) is 6.07. The first kappa shape index (κ1) is 30.8. The third-order valence-electron chi connectivity index (χ3n) is 9.00. The van der Waals surface area contributed by atoms with Crippen LogP contribution in [0.1, 0.15) is 42.2 Å². The molecule has 0 radical (unpaired) electrons. The van der Waals surface area contributed by atoms with Crippen molar-refractivity contribution >= 4 is 19.2 Å². The zero-order valence-electron chi connectivity index (χ0n) is 25.9. The molecule has 1 aliphatic heterocycles. The maximum Gasteiger partial charge on any atom is 0.279 e. The van der Waals surface area contributed by atoms with Gasteiger partial charge in [0.1, 0.15) is 11.9 Å². The van der Waals surface area contributed by atoms with Crippen molar-refractivity contribution in [2.24, 2.45) is 5.92 Å². The largest absolute Gasteiger partial charge is 0.490 e. The Morgan fingerprint density at radius 1 is 1.09 bits per heavy atom. The Balaban J connectivity index is 1.25. The Morgan fingerprint density at radius 2 is 1.84 bits per heavy atom. The summed E-state index contributed by atoms with van der Waals surface area (Å²) in [4.78, 5) is 13.3. The molecule has 2 aromatic heterocycles. The van der Waals surface area contributed by atoms with Gasteiger partial charge in [0.25, 0.3) is 5.56 Å². The highest BCUT2D eigenvalue weighted by Gasteiger charge is 2.47. The summed E-state index contributed by atoms with van der Waals surface area (Å²) in [6.07, 6.45) is 3.21. The van der Waals surface area contributed by atoms with Gasteiger partial charge >= 0.3 is 0 Å². The molecule has 11 heteroatoms. The zero-order chi connectivity index (χ0) is 31.7. The minimum atomic E-state index is -3.24. The maximum atomic E-state index is 16.1. The van der Waals surface area contributed by atoms with Crippen molar-refractivity contribution in [2.45, 2.75) is 56.7 Å². The van der Waals surface area contributed by atoms with Gasteiger partial charge in [0, 0.05) is 42.3 Å². The van der Waals surface area contributed by atoms with Crippen molar-refractivity contribution in [2.75, 3.05) is 13.7 Å². The molecule has 5 atom stereocenters. The monoisotopic (exact) mass is 627 g/mol. The molecular weight excluding hydrogens is 589 g/mol. The van der Waals surface area contributed by atoms with E-state index in [2.05, 4.69) is 15.4 Å². The molecular formula is C34H38FN5O4Si. The van der Waals surface area contributed by atoms with Crippen molar-refractivity contribution < 1.29 is 18.7 Å². The molecule has 0 bridgehead atoms. The Labute approximate surface area is 262 Å². The maximum absolute atomic E-state index is 16.1. The van der Waals surface area contributed by atoms with E-state index in [9.17, 15) is 9.90 Å². The smallest absolute Gasteiger partial charge is 0.279 e. The number of halogens is 1. The van der Waals surface area contributed by atoms with Gasteiger partial charge in [-0.25, -0.2) is 0 Å². The molecule has 0 saturated carbocycles. The average Bonchev–Trinajstić information content (AvgIpc) is 3.50. The molecule has 6 rings (SSSR count). The van der Waals surface area contributed by atoms with Gasteiger partial charge in [0.15, 0.2) is 0 Å². The van der Waals surface area contributed by atoms with Crippen molar-refractivity contribution in [3.63, 3.8) is 0 Å². The number of aliphatic hydroxyl groups excluding tert-OH is 1. The van der Waals surface area contributed by atoms with E-state index < -0.39 is 14.5 Å². The molecule has 0 aliphatic carbocycles. The summed E-state index contributed by atoms with van der Waals surface area (Å²) in [5.41, 5.74) is 2.47. The SMILES string of the molecule is CO[C@@H]1c2cc(-n3ncc4ccccc4c3=O)ccc2O[C@H](C(CCn2cc(C(CO)c3ccccc3)nn2)[Si](C)(C)F)[C@H]1C. The lowest BCUT2D eigenvalue weighted by Gasteiger charge is -2.43. The van der Waals surface area contributed by atoms with Crippen LogP contribution < -0.4 is 10.3 Å². The Hall–Kier alpha value is -4.19. The van der Waals surface area contributed by atoms with Crippen molar-refractivity contribution in [3.05, 3.63) is 112 Å². The van der Waals surface area contributed by atoms with Crippen LogP contribution in [0.25, 0.3) is 16.5 Å². The third-order valence-corrected chi connectivity index (χ3v) is 11.4. The number of nitrogens with zero attached hydrogens (tertiary/aromatic N) is 5. The summed E-state index contributed by atoms with van der Waals surface area (Å²) >= 11 is 0. The number of fused-ring (bicyclic) bond motifs is 2. The fourth-order valence-electron chi connectivity index (χ4n) is 6.58. The Bertz CT molecular complexity index is 1840. The number of ether oxygens (including phenoxy) is 2. The van der Waals surface area contributed by atoms with Crippen LogP contribution >= 0.6 is 0 Å². The molecule has 3 heterocycles. The highest BCUT2D eigenvalue weighted by atomic mass is 28.4. The number of aliphatic hydroxyl groups is 1. The molecule has 1 N–H and O–H groups in total. The molecule has 9 nitrogen and oxygen atoms in total. The summed E-state index contributed by atoms with van der Waals surface area (Å²) in [5.74, 6) is 0.158. The van der Waals surface area contributed by atoms with Crippen molar-refractivity contribution in [1.82, 2.24) is 24.8 Å². The van der Waals surface area contributed by atoms with E-state index in [0.29, 0.717) is 35.5 Å². The standard InChI is InChI=1S/C34H38FN5O4Si/c1-22-32(43-2)27-18-25(40-34(42)26-13-9-8-12-24(26)19-36-40)14-15-30(27)44-33(22)31(45(3,4)35)16-17-39-20-29(37-38-39)28(21-41)23-10-6-5-7-11-23/h5-15,18-20,22,28,31-33,41H,16-17,21H2,1-4H3/t22-,28?,31?,32-,33-/m0/s1. The van der Waals surface area contributed by atoms with Crippen LogP contribution in [0.5, 0.6) is 5.75 Å². The molecule has 1 aliphatic rings. The van der Waals surface area contributed by atoms with E-state index >= 15 is 4.11 Å². The normalized spacial score (nSPS) is 19.6. The lowest BCUT2D eigenvalue weighted by Crippen LogP contribution is -2.46. The summed E-state index contributed by atoms with van der Waals surface area (Å²) in [6, 6.07) is 22.6. The molecule has 234 valence electrons. The van der Waals surface area contributed by atoms with Gasteiger partial charge in [-0.05, 0) is 49.3 Å². The highest BCUT2D eigenvalue weighted by molar-refractivity contribution is 6.72. The van der Waals surface area contributed by atoms with Crippen molar-refractivity contribution in [3.8, 4) is 11.4 Å². The first-order valence-electron chi connectivity index (χ1n) is 15.2.